The Labute approximate surface area is 130 Å². The van der Waals surface area contributed by atoms with Crippen LogP contribution in [0.3, 0.4) is 0 Å². The van der Waals surface area contributed by atoms with Gasteiger partial charge in [-0.3, -0.25) is 4.79 Å². The predicted molar refractivity (Wildman–Crippen MR) is 88.3 cm³/mol. The highest BCUT2D eigenvalue weighted by molar-refractivity contribution is 5.59. The number of rotatable bonds is 6. The van der Waals surface area contributed by atoms with Gasteiger partial charge in [0.2, 0.25) is 0 Å². The number of aromatic nitrogens is 1. The summed E-state index contributed by atoms with van der Waals surface area (Å²) in [6, 6.07) is 10.0. The van der Waals surface area contributed by atoms with Crippen LogP contribution in [0.5, 0.6) is 0 Å². The highest BCUT2D eigenvalue weighted by Gasteiger charge is 2.09. The van der Waals surface area contributed by atoms with E-state index >= 15 is 0 Å². The zero-order valence-corrected chi connectivity index (χ0v) is 13.4. The lowest BCUT2D eigenvalue weighted by molar-refractivity contribution is 0.548. The molecular formula is C18H23FN2O. The van der Waals surface area contributed by atoms with Gasteiger partial charge in [-0.1, -0.05) is 19.9 Å². The molecule has 0 fully saturated rings. The molecule has 0 bridgehead atoms. The van der Waals surface area contributed by atoms with Gasteiger partial charge in [-0.25, -0.2) is 4.39 Å². The van der Waals surface area contributed by atoms with E-state index in [0.717, 1.165) is 23.4 Å². The van der Waals surface area contributed by atoms with Gasteiger partial charge in [0, 0.05) is 18.7 Å². The molecule has 0 radical (unpaired) electrons. The zero-order valence-electron chi connectivity index (χ0n) is 13.4. The van der Waals surface area contributed by atoms with Crippen LogP contribution in [0.4, 0.5) is 4.39 Å². The molecule has 4 heteroatoms. The summed E-state index contributed by atoms with van der Waals surface area (Å²) in [4.78, 5) is 12.6. The lowest BCUT2D eigenvalue weighted by Crippen LogP contribution is -2.29. The fourth-order valence-electron chi connectivity index (χ4n) is 2.44. The number of halogens is 1. The molecule has 0 unspecified atom stereocenters. The van der Waals surface area contributed by atoms with Crippen molar-refractivity contribution in [2.45, 2.75) is 33.9 Å². The first-order chi connectivity index (χ1) is 10.5. The number of nitrogens with zero attached hydrogens (tertiary/aromatic N) is 1. The summed E-state index contributed by atoms with van der Waals surface area (Å²) in [5, 5.41) is 3.30. The molecule has 0 saturated carbocycles. The van der Waals surface area contributed by atoms with Gasteiger partial charge in [0.05, 0.1) is 5.69 Å². The number of pyridine rings is 1. The van der Waals surface area contributed by atoms with E-state index in [0.29, 0.717) is 19.0 Å². The van der Waals surface area contributed by atoms with Crippen molar-refractivity contribution in [2.24, 2.45) is 5.92 Å². The zero-order chi connectivity index (χ0) is 16.1. The first-order valence-corrected chi connectivity index (χ1v) is 7.72. The molecule has 0 aliphatic rings. The van der Waals surface area contributed by atoms with Gasteiger partial charge < -0.3 is 9.88 Å². The van der Waals surface area contributed by atoms with Crippen molar-refractivity contribution in [3.05, 3.63) is 58.1 Å². The Bertz CT molecular complexity index is 674. The number of hydrogen-bond donors (Lipinski definition) is 1. The van der Waals surface area contributed by atoms with Crippen LogP contribution in [0.1, 0.15) is 26.3 Å². The Morgan fingerprint density at radius 1 is 1.14 bits per heavy atom. The van der Waals surface area contributed by atoms with Crippen molar-refractivity contribution >= 4 is 0 Å². The molecule has 3 nitrogen and oxygen atoms in total. The standard InChI is InChI=1S/C18H23FN2O/c1-4-21-17(14-5-8-16(19)9-6-14)10-7-15(18(21)22)12-20-11-13(2)3/h5-10,13,20H,4,11-12H2,1-3H3. The van der Waals surface area contributed by atoms with Crippen molar-refractivity contribution in [1.29, 1.82) is 0 Å². The molecule has 22 heavy (non-hydrogen) atoms. The van der Waals surface area contributed by atoms with Crippen LogP contribution < -0.4 is 10.9 Å². The maximum atomic E-state index is 13.1. The minimum atomic E-state index is -0.274. The number of hydrogen-bond acceptors (Lipinski definition) is 2. The third kappa shape index (κ3) is 3.83. The molecule has 0 aliphatic heterocycles. The Hall–Kier alpha value is -1.94. The van der Waals surface area contributed by atoms with E-state index in [1.807, 2.05) is 19.1 Å². The van der Waals surface area contributed by atoms with Crippen molar-refractivity contribution in [3.8, 4) is 11.3 Å². The summed E-state index contributed by atoms with van der Waals surface area (Å²) in [6.07, 6.45) is 0. The van der Waals surface area contributed by atoms with E-state index in [2.05, 4.69) is 19.2 Å². The van der Waals surface area contributed by atoms with Crippen molar-refractivity contribution < 1.29 is 4.39 Å². The molecule has 0 amide bonds. The quantitative estimate of drug-likeness (QED) is 0.887. The molecule has 1 aromatic carbocycles. The molecule has 1 heterocycles. The highest BCUT2D eigenvalue weighted by Crippen LogP contribution is 2.18. The fraction of sp³-hybridized carbons (Fsp3) is 0.389. The second kappa shape index (κ2) is 7.36. The Kier molecular flexibility index (Phi) is 5.50. The molecule has 0 saturated heterocycles. The van der Waals surface area contributed by atoms with Gasteiger partial charge >= 0.3 is 0 Å². The molecule has 1 aromatic heterocycles. The summed E-state index contributed by atoms with van der Waals surface area (Å²) >= 11 is 0. The average molecular weight is 302 g/mol. The van der Waals surface area contributed by atoms with Crippen LogP contribution in [-0.4, -0.2) is 11.1 Å². The second-order valence-electron chi connectivity index (χ2n) is 5.82. The van der Waals surface area contributed by atoms with Crippen LogP contribution in [0, 0.1) is 11.7 Å². The summed E-state index contributed by atoms with van der Waals surface area (Å²) < 4.78 is 14.8. The lowest BCUT2D eigenvalue weighted by Gasteiger charge is -2.14. The molecule has 1 N–H and O–H groups in total. The predicted octanol–water partition coefficient (Wildman–Crippen LogP) is 3.42. The van der Waals surface area contributed by atoms with Gasteiger partial charge in [-0.05, 0) is 55.3 Å². The minimum Gasteiger partial charge on any atom is -0.312 e. The minimum absolute atomic E-state index is 0.0144. The molecule has 0 aliphatic carbocycles. The maximum Gasteiger partial charge on any atom is 0.255 e. The van der Waals surface area contributed by atoms with E-state index in [-0.39, 0.29) is 11.4 Å². The van der Waals surface area contributed by atoms with Crippen molar-refractivity contribution in [1.82, 2.24) is 9.88 Å². The van der Waals surface area contributed by atoms with Gasteiger partial charge in [0.25, 0.3) is 5.56 Å². The Morgan fingerprint density at radius 2 is 1.82 bits per heavy atom. The topological polar surface area (TPSA) is 34.0 Å². The van der Waals surface area contributed by atoms with Crippen LogP contribution >= 0.6 is 0 Å². The monoisotopic (exact) mass is 302 g/mol. The van der Waals surface area contributed by atoms with Crippen LogP contribution in [0.25, 0.3) is 11.3 Å². The lowest BCUT2D eigenvalue weighted by atomic mass is 10.1. The van der Waals surface area contributed by atoms with Crippen LogP contribution in [0.15, 0.2) is 41.2 Å². The van der Waals surface area contributed by atoms with Crippen molar-refractivity contribution in [3.63, 3.8) is 0 Å². The fourth-order valence-corrected chi connectivity index (χ4v) is 2.44. The van der Waals surface area contributed by atoms with E-state index in [4.69, 9.17) is 0 Å². The number of benzene rings is 1. The largest absolute Gasteiger partial charge is 0.312 e. The summed E-state index contributed by atoms with van der Waals surface area (Å²) in [5.74, 6) is 0.274. The van der Waals surface area contributed by atoms with Crippen molar-refractivity contribution in [2.75, 3.05) is 6.54 Å². The molecule has 2 aromatic rings. The third-order valence-electron chi connectivity index (χ3n) is 3.58. The normalized spacial score (nSPS) is 11.1. The van der Waals surface area contributed by atoms with Crippen LogP contribution in [0.2, 0.25) is 0 Å². The third-order valence-corrected chi connectivity index (χ3v) is 3.58. The van der Waals surface area contributed by atoms with E-state index in [9.17, 15) is 9.18 Å². The Morgan fingerprint density at radius 3 is 2.41 bits per heavy atom. The molecule has 2 rings (SSSR count). The summed E-state index contributed by atoms with van der Waals surface area (Å²) in [7, 11) is 0. The van der Waals surface area contributed by atoms with Gasteiger partial charge in [-0.15, -0.1) is 0 Å². The molecular weight excluding hydrogens is 279 g/mol. The summed E-state index contributed by atoms with van der Waals surface area (Å²) in [6.45, 7) is 8.25. The molecule has 118 valence electrons. The SMILES string of the molecule is CCn1c(-c2ccc(F)cc2)ccc(CNCC(C)C)c1=O. The van der Waals surface area contributed by atoms with Gasteiger partial charge in [0.15, 0.2) is 0 Å². The summed E-state index contributed by atoms with van der Waals surface area (Å²) in [5.41, 5.74) is 2.44. The average Bonchev–Trinajstić information content (AvgIpc) is 2.49. The van der Waals surface area contributed by atoms with Crippen LogP contribution in [-0.2, 0) is 13.1 Å². The van der Waals surface area contributed by atoms with Gasteiger partial charge in [0.1, 0.15) is 5.82 Å². The molecule has 0 atom stereocenters. The molecule has 0 spiro atoms. The van der Waals surface area contributed by atoms with E-state index < -0.39 is 0 Å². The van der Waals surface area contributed by atoms with E-state index in [1.54, 1.807) is 16.7 Å². The Balaban J connectivity index is 2.32. The highest BCUT2D eigenvalue weighted by atomic mass is 19.1. The number of nitrogens with one attached hydrogen (secondary N) is 1. The van der Waals surface area contributed by atoms with E-state index in [1.165, 1.54) is 12.1 Å². The maximum absolute atomic E-state index is 13.1. The van der Waals surface area contributed by atoms with Gasteiger partial charge in [-0.2, -0.15) is 0 Å². The second-order valence-corrected chi connectivity index (χ2v) is 5.82. The first-order valence-electron chi connectivity index (χ1n) is 7.72. The smallest absolute Gasteiger partial charge is 0.255 e. The first kappa shape index (κ1) is 16.4.